The first-order valence-electron chi connectivity index (χ1n) is 9.77. The van der Waals surface area contributed by atoms with E-state index in [9.17, 15) is 9.59 Å². The van der Waals surface area contributed by atoms with Gasteiger partial charge >= 0.3 is 0 Å². The van der Waals surface area contributed by atoms with Crippen molar-refractivity contribution in [3.8, 4) is 0 Å². The van der Waals surface area contributed by atoms with Gasteiger partial charge < -0.3 is 15.1 Å². The minimum absolute atomic E-state index is 0.175. The zero-order valence-electron chi connectivity index (χ0n) is 16.8. The maximum atomic E-state index is 12.9. The molecular weight excluding hydrogens is 376 g/mol. The first-order chi connectivity index (χ1) is 14.5. The van der Waals surface area contributed by atoms with Crippen molar-refractivity contribution in [1.82, 2.24) is 5.32 Å². The molecule has 1 atom stereocenters. The van der Waals surface area contributed by atoms with Crippen LogP contribution in [0.25, 0.3) is 10.8 Å². The number of nitrogens with one attached hydrogen (secondary N) is 2. The molecule has 5 heteroatoms. The highest BCUT2D eigenvalue weighted by Crippen LogP contribution is 2.25. The molecular formula is C25H22N2O3. The summed E-state index contributed by atoms with van der Waals surface area (Å²) in [6.07, 6.45) is 1.44. The first kappa shape index (κ1) is 19.5. The predicted octanol–water partition coefficient (Wildman–Crippen LogP) is 5.48. The molecule has 0 fully saturated rings. The molecule has 30 heavy (non-hydrogen) atoms. The number of hydrogen-bond donors (Lipinski definition) is 2. The van der Waals surface area contributed by atoms with Gasteiger partial charge in [0, 0.05) is 11.3 Å². The molecule has 2 amide bonds. The number of carbonyl (C=O) groups is 2. The van der Waals surface area contributed by atoms with E-state index in [1.54, 1.807) is 24.3 Å². The molecule has 5 nitrogen and oxygen atoms in total. The average molecular weight is 398 g/mol. The molecule has 2 N–H and O–H groups in total. The van der Waals surface area contributed by atoms with Gasteiger partial charge in [-0.15, -0.1) is 0 Å². The third-order valence-corrected chi connectivity index (χ3v) is 5.13. The van der Waals surface area contributed by atoms with E-state index in [0.717, 1.165) is 21.9 Å². The molecule has 3 aromatic carbocycles. The summed E-state index contributed by atoms with van der Waals surface area (Å²) in [5.41, 5.74) is 2.96. The van der Waals surface area contributed by atoms with E-state index >= 15 is 0 Å². The van der Waals surface area contributed by atoms with E-state index in [1.807, 2.05) is 44.2 Å². The van der Waals surface area contributed by atoms with Gasteiger partial charge in [0.05, 0.1) is 12.3 Å². The van der Waals surface area contributed by atoms with Gasteiger partial charge in [-0.05, 0) is 60.0 Å². The van der Waals surface area contributed by atoms with Gasteiger partial charge in [-0.25, -0.2) is 0 Å². The van der Waals surface area contributed by atoms with Crippen LogP contribution in [0.2, 0.25) is 0 Å². The van der Waals surface area contributed by atoms with Crippen LogP contribution in [0.4, 0.5) is 5.69 Å². The van der Waals surface area contributed by atoms with E-state index in [2.05, 4.69) is 28.8 Å². The van der Waals surface area contributed by atoms with Crippen molar-refractivity contribution in [2.45, 2.75) is 19.9 Å². The fraction of sp³-hybridized carbons (Fsp3) is 0.120. The average Bonchev–Trinajstić information content (AvgIpc) is 3.30. The van der Waals surface area contributed by atoms with Crippen molar-refractivity contribution in [3.63, 3.8) is 0 Å². The number of hydrogen-bond acceptors (Lipinski definition) is 3. The number of anilines is 1. The Bertz CT molecular complexity index is 1210. The van der Waals surface area contributed by atoms with Gasteiger partial charge in [0.15, 0.2) is 5.76 Å². The maximum Gasteiger partial charge on any atom is 0.291 e. The summed E-state index contributed by atoms with van der Waals surface area (Å²) in [5.74, 6) is -0.345. The second-order valence-electron chi connectivity index (χ2n) is 7.22. The van der Waals surface area contributed by atoms with E-state index in [0.29, 0.717) is 11.3 Å². The third kappa shape index (κ3) is 3.96. The van der Waals surface area contributed by atoms with E-state index in [4.69, 9.17) is 4.42 Å². The molecule has 0 aliphatic carbocycles. The van der Waals surface area contributed by atoms with E-state index in [1.165, 1.54) is 6.26 Å². The molecule has 0 unspecified atom stereocenters. The molecule has 0 saturated heterocycles. The lowest BCUT2D eigenvalue weighted by Gasteiger charge is -2.17. The fourth-order valence-electron chi connectivity index (χ4n) is 3.48. The van der Waals surface area contributed by atoms with Crippen LogP contribution < -0.4 is 10.6 Å². The van der Waals surface area contributed by atoms with Crippen molar-refractivity contribution >= 4 is 28.3 Å². The van der Waals surface area contributed by atoms with Crippen molar-refractivity contribution in [3.05, 3.63) is 102 Å². The minimum atomic E-state index is -0.357. The summed E-state index contributed by atoms with van der Waals surface area (Å²) in [7, 11) is 0. The Morgan fingerprint density at radius 1 is 0.900 bits per heavy atom. The highest BCUT2D eigenvalue weighted by atomic mass is 16.3. The van der Waals surface area contributed by atoms with Gasteiger partial charge in [0.1, 0.15) is 0 Å². The Balaban J connectivity index is 1.54. The third-order valence-electron chi connectivity index (χ3n) is 5.13. The Hall–Kier alpha value is -3.86. The number of amides is 2. The van der Waals surface area contributed by atoms with Crippen LogP contribution in [-0.2, 0) is 0 Å². The number of aryl methyl sites for hydroxylation is 1. The van der Waals surface area contributed by atoms with Crippen LogP contribution >= 0.6 is 0 Å². The fourth-order valence-corrected chi connectivity index (χ4v) is 3.48. The summed E-state index contributed by atoms with van der Waals surface area (Å²) in [6.45, 7) is 3.84. The van der Waals surface area contributed by atoms with Crippen molar-refractivity contribution in [2.24, 2.45) is 0 Å². The molecule has 1 heterocycles. The van der Waals surface area contributed by atoms with Crippen LogP contribution in [0.15, 0.2) is 83.5 Å². The number of benzene rings is 3. The smallest absolute Gasteiger partial charge is 0.291 e. The zero-order chi connectivity index (χ0) is 21.1. The standard InChI is InChI=1S/C25H22N2O3/c1-16-12-13-19(15-22(16)27-25(29)23-11-6-14-30-23)24(28)26-17(2)20-10-5-8-18-7-3-4-9-21(18)20/h3-15,17H,1-2H3,(H,26,28)(H,27,29)/t17-/m0/s1. The van der Waals surface area contributed by atoms with Gasteiger partial charge in [-0.2, -0.15) is 0 Å². The molecule has 0 saturated carbocycles. The maximum absolute atomic E-state index is 12.9. The number of carbonyl (C=O) groups excluding carboxylic acids is 2. The molecule has 0 aliphatic rings. The molecule has 4 aromatic rings. The molecule has 0 aliphatic heterocycles. The number of fused-ring (bicyclic) bond motifs is 1. The second kappa shape index (κ2) is 8.25. The molecule has 150 valence electrons. The number of furan rings is 1. The van der Waals surface area contributed by atoms with Gasteiger partial charge in [-0.1, -0.05) is 48.5 Å². The Morgan fingerprint density at radius 2 is 1.70 bits per heavy atom. The topological polar surface area (TPSA) is 71.3 Å². The quantitative estimate of drug-likeness (QED) is 0.467. The van der Waals surface area contributed by atoms with E-state index in [-0.39, 0.29) is 23.6 Å². The summed E-state index contributed by atoms with van der Waals surface area (Å²) in [6, 6.07) is 22.5. The molecule has 0 spiro atoms. The summed E-state index contributed by atoms with van der Waals surface area (Å²) >= 11 is 0. The van der Waals surface area contributed by atoms with Crippen LogP contribution in [-0.4, -0.2) is 11.8 Å². The minimum Gasteiger partial charge on any atom is -0.459 e. The lowest BCUT2D eigenvalue weighted by molar-refractivity contribution is 0.0938. The molecule has 0 bridgehead atoms. The van der Waals surface area contributed by atoms with Crippen LogP contribution in [0.3, 0.4) is 0 Å². The van der Waals surface area contributed by atoms with Crippen LogP contribution in [0.5, 0.6) is 0 Å². The van der Waals surface area contributed by atoms with E-state index < -0.39 is 0 Å². The Kier molecular flexibility index (Phi) is 5.35. The summed E-state index contributed by atoms with van der Waals surface area (Å²) in [4.78, 5) is 25.2. The summed E-state index contributed by atoms with van der Waals surface area (Å²) in [5, 5.41) is 8.11. The molecule has 4 rings (SSSR count). The monoisotopic (exact) mass is 398 g/mol. The zero-order valence-corrected chi connectivity index (χ0v) is 16.8. The van der Waals surface area contributed by atoms with Gasteiger partial charge in [-0.3, -0.25) is 9.59 Å². The Labute approximate surface area is 174 Å². The second-order valence-corrected chi connectivity index (χ2v) is 7.22. The highest BCUT2D eigenvalue weighted by molar-refractivity contribution is 6.04. The van der Waals surface area contributed by atoms with Crippen molar-refractivity contribution in [2.75, 3.05) is 5.32 Å². The largest absolute Gasteiger partial charge is 0.459 e. The SMILES string of the molecule is Cc1ccc(C(=O)N[C@@H](C)c2cccc3ccccc23)cc1NC(=O)c1ccco1. The van der Waals surface area contributed by atoms with Gasteiger partial charge in [0.2, 0.25) is 0 Å². The molecule has 0 radical (unpaired) electrons. The number of rotatable bonds is 5. The van der Waals surface area contributed by atoms with Crippen LogP contribution in [0, 0.1) is 6.92 Å². The van der Waals surface area contributed by atoms with Crippen molar-refractivity contribution in [1.29, 1.82) is 0 Å². The lowest BCUT2D eigenvalue weighted by Crippen LogP contribution is -2.27. The van der Waals surface area contributed by atoms with Crippen molar-refractivity contribution < 1.29 is 14.0 Å². The molecule has 1 aromatic heterocycles. The first-order valence-corrected chi connectivity index (χ1v) is 9.77. The Morgan fingerprint density at radius 3 is 2.50 bits per heavy atom. The highest BCUT2D eigenvalue weighted by Gasteiger charge is 2.16. The predicted molar refractivity (Wildman–Crippen MR) is 118 cm³/mol. The lowest BCUT2D eigenvalue weighted by atomic mass is 9.99. The normalized spacial score (nSPS) is 11.8. The van der Waals surface area contributed by atoms with Crippen LogP contribution in [0.1, 0.15) is 45.0 Å². The van der Waals surface area contributed by atoms with Gasteiger partial charge in [0.25, 0.3) is 11.8 Å². The summed E-state index contributed by atoms with van der Waals surface area (Å²) < 4.78 is 5.13.